The van der Waals surface area contributed by atoms with E-state index in [0.717, 1.165) is 0 Å². The number of hydrogen-bond donors (Lipinski definition) is 2. The topological polar surface area (TPSA) is 75.1 Å². The second-order valence-corrected chi connectivity index (χ2v) is 4.20. The summed E-state index contributed by atoms with van der Waals surface area (Å²) in [7, 11) is -3.90. The third-order valence-corrected chi connectivity index (χ3v) is 2.36. The van der Waals surface area contributed by atoms with Gasteiger partial charge in [0.15, 0.2) is 4.77 Å². The Kier molecular flexibility index (Phi) is 2.65. The van der Waals surface area contributed by atoms with E-state index in [1.807, 2.05) is 0 Å². The fourth-order valence-electron chi connectivity index (χ4n) is 0.739. The van der Waals surface area contributed by atoms with Crippen molar-refractivity contribution in [1.29, 1.82) is 0 Å². The Morgan fingerprint density at radius 2 is 2.33 bits per heavy atom. The smallest absolute Gasteiger partial charge is 0.266 e. The lowest BCUT2D eigenvalue weighted by atomic mass is 10.7. The van der Waals surface area contributed by atoms with Crippen LogP contribution in [0.5, 0.6) is 0 Å². The van der Waals surface area contributed by atoms with Crippen LogP contribution in [0.25, 0.3) is 0 Å². The van der Waals surface area contributed by atoms with Crippen LogP contribution in [0.1, 0.15) is 0 Å². The maximum absolute atomic E-state index is 10.3. The van der Waals surface area contributed by atoms with Gasteiger partial charge in [0.2, 0.25) is 0 Å². The number of hydrogen-bond acceptors (Lipinski definition) is 3. The first-order valence-corrected chi connectivity index (χ1v) is 5.20. The summed E-state index contributed by atoms with van der Waals surface area (Å²) in [6.45, 7) is 0.168. The Labute approximate surface area is 74.8 Å². The van der Waals surface area contributed by atoms with Crippen molar-refractivity contribution in [2.75, 3.05) is 5.75 Å². The van der Waals surface area contributed by atoms with E-state index in [-0.39, 0.29) is 12.3 Å². The number of nitrogens with zero attached hydrogens (tertiary/aromatic N) is 1. The number of aryl methyl sites for hydroxylation is 1. The van der Waals surface area contributed by atoms with E-state index >= 15 is 0 Å². The van der Waals surface area contributed by atoms with E-state index in [9.17, 15) is 8.42 Å². The first-order valence-electron chi connectivity index (χ1n) is 3.18. The zero-order valence-electron chi connectivity index (χ0n) is 6.10. The van der Waals surface area contributed by atoms with Crippen LogP contribution in [-0.4, -0.2) is 28.3 Å². The molecule has 0 spiro atoms. The second-order valence-electron chi connectivity index (χ2n) is 2.24. The highest BCUT2D eigenvalue weighted by atomic mass is 32.2. The average molecular weight is 208 g/mol. The van der Waals surface area contributed by atoms with Crippen molar-refractivity contribution < 1.29 is 13.0 Å². The van der Waals surface area contributed by atoms with Crippen LogP contribution in [0.3, 0.4) is 0 Å². The SMILES string of the molecule is O=S(=O)(O)CCn1cc[nH]c1=S. The van der Waals surface area contributed by atoms with Crippen molar-refractivity contribution in [1.82, 2.24) is 9.55 Å². The number of H-pyrrole nitrogens is 1. The van der Waals surface area contributed by atoms with E-state index in [4.69, 9.17) is 16.8 Å². The molecule has 2 N–H and O–H groups in total. The molecule has 0 aromatic carbocycles. The van der Waals surface area contributed by atoms with Gasteiger partial charge in [0.05, 0.1) is 5.75 Å². The molecule has 0 unspecified atom stereocenters. The van der Waals surface area contributed by atoms with Crippen molar-refractivity contribution in [2.24, 2.45) is 0 Å². The highest BCUT2D eigenvalue weighted by Crippen LogP contribution is 1.92. The van der Waals surface area contributed by atoms with Crippen LogP contribution >= 0.6 is 12.2 Å². The van der Waals surface area contributed by atoms with Crippen LogP contribution in [0.2, 0.25) is 0 Å². The number of aromatic nitrogens is 2. The van der Waals surface area contributed by atoms with Gasteiger partial charge in [-0.2, -0.15) is 8.42 Å². The van der Waals surface area contributed by atoms with Crippen molar-refractivity contribution in [3.63, 3.8) is 0 Å². The Bertz CT molecular complexity index is 402. The number of imidazole rings is 1. The molecule has 0 bridgehead atoms. The summed E-state index contributed by atoms with van der Waals surface area (Å²) >= 11 is 4.80. The molecule has 1 rings (SSSR count). The van der Waals surface area contributed by atoms with Gasteiger partial charge < -0.3 is 9.55 Å². The van der Waals surface area contributed by atoms with Gasteiger partial charge in [0.25, 0.3) is 10.1 Å². The van der Waals surface area contributed by atoms with Crippen LogP contribution in [0.4, 0.5) is 0 Å². The van der Waals surface area contributed by atoms with Crippen LogP contribution in [0, 0.1) is 4.77 Å². The summed E-state index contributed by atoms with van der Waals surface area (Å²) in [4.78, 5) is 2.71. The molecule has 12 heavy (non-hydrogen) atoms. The van der Waals surface area contributed by atoms with Crippen LogP contribution in [-0.2, 0) is 16.7 Å². The lowest BCUT2D eigenvalue weighted by molar-refractivity contribution is 0.478. The van der Waals surface area contributed by atoms with Gasteiger partial charge in [0, 0.05) is 18.9 Å². The molecule has 5 nitrogen and oxygen atoms in total. The summed E-state index contributed by atoms with van der Waals surface area (Å²) in [5.41, 5.74) is 0. The van der Waals surface area contributed by atoms with E-state index in [0.29, 0.717) is 4.77 Å². The molecule has 1 aromatic rings. The minimum atomic E-state index is -3.90. The molecular formula is C5H8N2O3S2. The number of nitrogens with one attached hydrogen (secondary N) is 1. The fourth-order valence-corrected chi connectivity index (χ4v) is 1.39. The van der Waals surface area contributed by atoms with Gasteiger partial charge in [-0.3, -0.25) is 4.55 Å². The van der Waals surface area contributed by atoms with E-state index in [1.54, 1.807) is 12.4 Å². The Morgan fingerprint density at radius 3 is 2.75 bits per heavy atom. The molecule has 0 aliphatic rings. The molecule has 0 aliphatic heterocycles. The molecule has 0 radical (unpaired) electrons. The van der Waals surface area contributed by atoms with Gasteiger partial charge >= 0.3 is 0 Å². The van der Waals surface area contributed by atoms with Gasteiger partial charge in [-0.05, 0) is 12.2 Å². The molecule has 0 amide bonds. The maximum atomic E-state index is 10.3. The average Bonchev–Trinajstić information content (AvgIpc) is 2.29. The van der Waals surface area contributed by atoms with Crippen molar-refractivity contribution in [3.8, 4) is 0 Å². The Morgan fingerprint density at radius 1 is 1.67 bits per heavy atom. The van der Waals surface area contributed by atoms with Crippen molar-refractivity contribution >= 4 is 22.3 Å². The largest absolute Gasteiger partial charge is 0.337 e. The first-order chi connectivity index (χ1) is 5.49. The van der Waals surface area contributed by atoms with E-state index in [2.05, 4.69) is 4.98 Å². The fraction of sp³-hybridized carbons (Fsp3) is 0.400. The Hall–Kier alpha value is -0.660. The zero-order valence-corrected chi connectivity index (χ0v) is 7.73. The number of rotatable bonds is 3. The maximum Gasteiger partial charge on any atom is 0.266 e. The van der Waals surface area contributed by atoms with Gasteiger partial charge in [-0.15, -0.1) is 0 Å². The minimum absolute atomic E-state index is 0.168. The van der Waals surface area contributed by atoms with Gasteiger partial charge in [-0.1, -0.05) is 0 Å². The first kappa shape index (κ1) is 9.43. The molecule has 0 saturated carbocycles. The van der Waals surface area contributed by atoms with Crippen LogP contribution in [0.15, 0.2) is 12.4 Å². The molecule has 7 heteroatoms. The second kappa shape index (κ2) is 3.38. The highest BCUT2D eigenvalue weighted by molar-refractivity contribution is 7.85. The number of aromatic amines is 1. The minimum Gasteiger partial charge on any atom is -0.337 e. The molecule has 1 heterocycles. The molecule has 68 valence electrons. The summed E-state index contributed by atoms with van der Waals surface area (Å²) in [6.07, 6.45) is 3.22. The van der Waals surface area contributed by atoms with E-state index < -0.39 is 10.1 Å². The molecule has 0 saturated heterocycles. The molecule has 0 fully saturated rings. The van der Waals surface area contributed by atoms with Crippen molar-refractivity contribution in [3.05, 3.63) is 17.2 Å². The quantitative estimate of drug-likeness (QED) is 0.558. The van der Waals surface area contributed by atoms with Crippen LogP contribution < -0.4 is 0 Å². The highest BCUT2D eigenvalue weighted by Gasteiger charge is 2.04. The van der Waals surface area contributed by atoms with Gasteiger partial charge in [0.1, 0.15) is 0 Å². The third-order valence-electron chi connectivity index (χ3n) is 1.31. The molecule has 1 aromatic heterocycles. The lowest BCUT2D eigenvalue weighted by Gasteiger charge is -1.98. The normalized spacial score (nSPS) is 11.8. The lowest BCUT2D eigenvalue weighted by Crippen LogP contribution is -2.10. The zero-order chi connectivity index (χ0) is 9.19. The summed E-state index contributed by atoms with van der Waals surface area (Å²) in [5.74, 6) is -0.320. The Balaban J connectivity index is 2.67. The third kappa shape index (κ3) is 2.76. The molecule has 0 atom stereocenters. The predicted octanol–water partition coefficient (Wildman–Crippen LogP) is 0.433. The molecular weight excluding hydrogens is 200 g/mol. The van der Waals surface area contributed by atoms with E-state index in [1.165, 1.54) is 4.57 Å². The monoisotopic (exact) mass is 208 g/mol. The predicted molar refractivity (Wildman–Crippen MR) is 46.0 cm³/mol. The van der Waals surface area contributed by atoms with Gasteiger partial charge in [-0.25, -0.2) is 0 Å². The molecule has 0 aliphatic carbocycles. The summed E-state index contributed by atoms with van der Waals surface area (Å²) in [6, 6.07) is 0. The standard InChI is InChI=1S/C5H8N2O3S2/c8-12(9,10)4-3-7-2-1-6-5(7)11/h1-2H,3-4H2,(H,6,11)(H,8,9,10). The summed E-state index contributed by atoms with van der Waals surface area (Å²) in [5, 5.41) is 0. The summed E-state index contributed by atoms with van der Waals surface area (Å²) < 4.78 is 31.1. The van der Waals surface area contributed by atoms with Crippen molar-refractivity contribution in [2.45, 2.75) is 6.54 Å².